The van der Waals surface area contributed by atoms with E-state index in [2.05, 4.69) is 24.3 Å². The third-order valence-corrected chi connectivity index (χ3v) is 7.65. The normalized spacial score (nSPS) is 34.2. The lowest BCUT2D eigenvalue weighted by molar-refractivity contribution is -2.00. The van der Waals surface area contributed by atoms with Gasteiger partial charge in [-0.3, -0.25) is 0 Å². The highest BCUT2D eigenvalue weighted by atomic mass is 35.7. The molecule has 7 heteroatoms. The molecular weight excluding hydrogens is 359 g/mol. The third kappa shape index (κ3) is 4.63. The molecule has 4 rings (SSSR count). The van der Waals surface area contributed by atoms with E-state index < -0.39 is 10.2 Å². The average molecular weight is 377 g/mol. The van der Waals surface area contributed by atoms with Crippen LogP contribution < -0.4 is 18.6 Å². The molecule has 1 unspecified atom stereocenters. The summed E-state index contributed by atoms with van der Waals surface area (Å²) in [6.07, 6.45) is 6.47. The average Bonchev–Trinajstić information content (AvgIpc) is 3.11. The fraction of sp³-hybridized carbons (Fsp3) is 0.500. The van der Waals surface area contributed by atoms with Crippen molar-refractivity contribution in [2.75, 3.05) is 11.5 Å². The lowest BCUT2D eigenvalue weighted by atomic mass is 9.86. The molecule has 2 aliphatic carbocycles. The second-order valence-corrected chi connectivity index (χ2v) is 9.74. The van der Waals surface area contributed by atoms with Gasteiger partial charge in [0.1, 0.15) is 17.3 Å². The van der Waals surface area contributed by atoms with Crippen molar-refractivity contribution < 1.29 is 28.9 Å². The van der Waals surface area contributed by atoms with Crippen LogP contribution in [0.3, 0.4) is 0 Å². The highest BCUT2D eigenvalue weighted by Crippen LogP contribution is 2.52. The number of benzene rings is 1. The monoisotopic (exact) mass is 376 g/mol. The van der Waals surface area contributed by atoms with Gasteiger partial charge in [0.2, 0.25) is 0 Å². The van der Waals surface area contributed by atoms with Gasteiger partial charge in [-0.1, -0.05) is 35.9 Å². The van der Waals surface area contributed by atoms with Crippen molar-refractivity contribution in [1.29, 1.82) is 0 Å². The van der Waals surface area contributed by atoms with Crippen LogP contribution in [-0.4, -0.2) is 11.5 Å². The zero-order valence-corrected chi connectivity index (χ0v) is 14.7. The minimum Gasteiger partial charge on any atom is -0.222 e. The Hall–Kier alpha value is -0.270. The number of fused-ring (bicyclic) bond motifs is 5. The van der Waals surface area contributed by atoms with Gasteiger partial charge in [0.05, 0.1) is 0 Å². The lowest BCUT2D eigenvalue weighted by Crippen LogP contribution is -2.68. The van der Waals surface area contributed by atoms with Crippen LogP contribution in [0, 0.1) is 33.9 Å². The van der Waals surface area contributed by atoms with Gasteiger partial charge in [-0.15, -0.1) is 10.2 Å². The maximum Gasteiger partial charge on any atom is 0.133 e. The molecule has 4 nitrogen and oxygen atoms in total. The highest BCUT2D eigenvalue weighted by molar-refractivity contribution is 7.96. The van der Waals surface area contributed by atoms with Crippen molar-refractivity contribution in [2.45, 2.75) is 12.2 Å². The molecule has 2 fully saturated rings. The Morgan fingerprint density at radius 2 is 1.43 bits per heavy atom. The maximum atomic E-state index is 8.49. The smallest absolute Gasteiger partial charge is 0.133 e. The van der Waals surface area contributed by atoms with E-state index in [1.807, 2.05) is 12.1 Å². The first-order chi connectivity index (χ1) is 10.8. The van der Waals surface area contributed by atoms with Crippen LogP contribution >= 0.6 is 11.6 Å². The van der Waals surface area contributed by atoms with Gasteiger partial charge in [-0.25, -0.2) is 18.6 Å². The molecule has 0 N–H and O–H groups in total. The molecule has 23 heavy (non-hydrogen) atoms. The van der Waals surface area contributed by atoms with Crippen LogP contribution in [0.15, 0.2) is 36.4 Å². The van der Waals surface area contributed by atoms with Crippen molar-refractivity contribution in [3.05, 3.63) is 47.0 Å². The molecule has 3 aliphatic rings. The quantitative estimate of drug-likeness (QED) is 0.496. The van der Waals surface area contributed by atoms with Gasteiger partial charge in [0.15, 0.2) is 0 Å². The molecule has 1 aromatic carbocycles. The summed E-state index contributed by atoms with van der Waals surface area (Å²) in [5.41, 5.74) is 1.48. The summed E-state index contributed by atoms with van der Waals surface area (Å²) in [4.78, 5) is 0. The molecule has 126 valence electrons. The Kier molecular flexibility index (Phi) is 5.28. The van der Waals surface area contributed by atoms with Crippen molar-refractivity contribution >= 4 is 22.5 Å². The van der Waals surface area contributed by atoms with Crippen molar-refractivity contribution in [3.63, 3.8) is 0 Å². The first-order valence-electron chi connectivity index (χ1n) is 7.48. The van der Waals surface area contributed by atoms with Gasteiger partial charge >= 0.3 is 0 Å². The maximum absolute atomic E-state index is 8.49. The molecular formula is C16H18Cl2O4S. The van der Waals surface area contributed by atoms with Crippen LogP contribution in [0.2, 0.25) is 5.02 Å². The Labute approximate surface area is 145 Å². The number of allylic oxidation sites excluding steroid dienone is 2. The third-order valence-electron chi connectivity index (χ3n) is 4.94. The molecule has 0 aromatic heterocycles. The van der Waals surface area contributed by atoms with E-state index in [9.17, 15) is 0 Å². The van der Waals surface area contributed by atoms with E-state index in [0.717, 1.165) is 28.7 Å². The molecule has 5 atom stereocenters. The van der Waals surface area contributed by atoms with Crippen molar-refractivity contribution in [3.8, 4) is 0 Å². The van der Waals surface area contributed by atoms with Crippen molar-refractivity contribution in [2.24, 2.45) is 23.7 Å². The van der Waals surface area contributed by atoms with E-state index in [0.29, 0.717) is 10.9 Å². The molecule has 1 aliphatic heterocycles. The fourth-order valence-corrected chi connectivity index (χ4v) is 7.31. The van der Waals surface area contributed by atoms with Crippen LogP contribution in [0.4, 0.5) is 0 Å². The largest absolute Gasteiger partial charge is 0.222 e. The molecule has 0 spiro atoms. The number of halogens is 2. The van der Waals surface area contributed by atoms with Gasteiger partial charge in [-0.05, 0) is 41.3 Å². The molecule has 0 radical (unpaired) electrons. The summed E-state index contributed by atoms with van der Waals surface area (Å²) in [5, 5.41) is 0.854. The fourth-order valence-electron chi connectivity index (χ4n) is 4.07. The number of hydrogen-bond acceptors (Lipinski definition) is 4. The topological polar surface area (TPSA) is 92.2 Å². The van der Waals surface area contributed by atoms with Gasteiger partial charge in [0.25, 0.3) is 0 Å². The first kappa shape index (κ1) is 17.5. The lowest BCUT2D eigenvalue weighted by Gasteiger charge is -2.17. The molecule has 1 saturated carbocycles. The van der Waals surface area contributed by atoms with Crippen molar-refractivity contribution in [1.82, 2.24) is 0 Å². The van der Waals surface area contributed by atoms with Crippen LogP contribution in [0.25, 0.3) is 0 Å². The molecule has 0 amide bonds. The van der Waals surface area contributed by atoms with Gasteiger partial charge in [-0.2, -0.15) is 0 Å². The Bertz CT molecular complexity index is 546. The summed E-state index contributed by atoms with van der Waals surface area (Å²) < 4.78 is 34.0. The molecule has 1 aromatic rings. The predicted octanol–water partition coefficient (Wildman–Crippen LogP) is -0.846. The second-order valence-electron chi connectivity index (χ2n) is 6.37. The van der Waals surface area contributed by atoms with E-state index >= 15 is 0 Å². The van der Waals surface area contributed by atoms with Gasteiger partial charge < -0.3 is 0 Å². The standard InChI is InChI=1S/C16H18ClS.ClHO4/c17-14-5-1-11(2-6-14)8-18-9-15-12-3-4-13(7-12)16(15)10-18;2-1(3,4)5/h1-6,12-13,15-16H,7-10H2;(H,2,3,4,5)/q+1;/p-1/t12-,13+,15-,16+,18?;. The summed E-state index contributed by atoms with van der Waals surface area (Å²) in [5.74, 6) is 8.16. The van der Waals surface area contributed by atoms with Crippen LogP contribution in [-0.2, 0) is 16.6 Å². The summed E-state index contributed by atoms with van der Waals surface area (Å²) in [6, 6.07) is 8.47. The number of hydrogen-bond donors (Lipinski definition) is 0. The highest BCUT2D eigenvalue weighted by Gasteiger charge is 2.54. The van der Waals surface area contributed by atoms with E-state index in [1.165, 1.54) is 29.2 Å². The second kappa shape index (κ2) is 6.92. The summed E-state index contributed by atoms with van der Waals surface area (Å²) >= 11 is 5.95. The number of rotatable bonds is 2. The predicted molar refractivity (Wildman–Crippen MR) is 80.0 cm³/mol. The zero-order valence-electron chi connectivity index (χ0n) is 12.4. The minimum absolute atomic E-state index is 0.622. The van der Waals surface area contributed by atoms with E-state index in [-0.39, 0.29) is 0 Å². The zero-order chi connectivity index (χ0) is 16.6. The Morgan fingerprint density at radius 3 is 1.91 bits per heavy atom. The molecule has 2 bridgehead atoms. The molecule has 1 heterocycles. The summed E-state index contributed by atoms with van der Waals surface area (Å²) in [6.45, 7) is 0. The van der Waals surface area contributed by atoms with E-state index in [1.54, 1.807) is 0 Å². The van der Waals surface area contributed by atoms with Crippen LogP contribution in [0.5, 0.6) is 0 Å². The molecule has 1 saturated heterocycles. The summed E-state index contributed by atoms with van der Waals surface area (Å²) in [7, 11) is -4.32. The Morgan fingerprint density at radius 1 is 0.957 bits per heavy atom. The van der Waals surface area contributed by atoms with E-state index in [4.69, 9.17) is 30.2 Å². The first-order valence-corrected chi connectivity index (χ1v) is 10.8. The van der Waals surface area contributed by atoms with Gasteiger partial charge in [0, 0.05) is 22.4 Å². The van der Waals surface area contributed by atoms with Crippen LogP contribution in [0.1, 0.15) is 12.0 Å². The SMILES string of the molecule is Clc1ccc(C[S+]2C[C@@H]3[C@H](C2)[C@@H]2C=C[C@H]3C2)cc1.[O-][Cl+3]([O-])([O-])[O-]. The Balaban J connectivity index is 0.000000276. The minimum atomic E-state index is -4.94.